The maximum Gasteiger partial charge on any atom is 0.251 e. The summed E-state index contributed by atoms with van der Waals surface area (Å²) < 4.78 is 31.0. The third-order valence-corrected chi connectivity index (χ3v) is 6.03. The molecule has 0 aliphatic heterocycles. The maximum atomic E-state index is 12.4. The molecule has 0 unspecified atom stereocenters. The Morgan fingerprint density at radius 3 is 2.28 bits per heavy atom. The summed E-state index contributed by atoms with van der Waals surface area (Å²) in [6, 6.07) is 4.32. The van der Waals surface area contributed by atoms with Crippen molar-refractivity contribution >= 4 is 28.3 Å². The summed E-state index contributed by atoms with van der Waals surface area (Å²) in [6.07, 6.45) is 1.46. The highest BCUT2D eigenvalue weighted by atomic mass is 35.5. The van der Waals surface area contributed by atoms with Crippen molar-refractivity contribution in [2.24, 2.45) is 5.73 Å². The van der Waals surface area contributed by atoms with Gasteiger partial charge < -0.3 is 15.8 Å². The summed E-state index contributed by atoms with van der Waals surface area (Å²) in [5.74, 6) is -0.180. The van der Waals surface area contributed by atoms with Crippen LogP contribution in [0.25, 0.3) is 0 Å². The number of rotatable bonds is 8. The number of carbonyl (C=O) groups is 1. The van der Waals surface area contributed by atoms with Gasteiger partial charge in [-0.3, -0.25) is 4.79 Å². The normalized spacial score (nSPS) is 11.8. The van der Waals surface area contributed by atoms with E-state index in [1.54, 1.807) is 0 Å². The first kappa shape index (κ1) is 23.6. The van der Waals surface area contributed by atoms with Crippen molar-refractivity contribution in [1.29, 1.82) is 0 Å². The zero-order valence-corrected chi connectivity index (χ0v) is 17.0. The van der Waals surface area contributed by atoms with Gasteiger partial charge in [0.05, 0.1) is 7.11 Å². The van der Waals surface area contributed by atoms with E-state index in [2.05, 4.69) is 5.32 Å². The van der Waals surface area contributed by atoms with Crippen molar-refractivity contribution < 1.29 is 17.9 Å². The quantitative estimate of drug-likeness (QED) is 0.698. The number of nitrogens with zero attached hydrogens (tertiary/aromatic N) is 1. The number of benzene rings is 1. The number of nitrogens with one attached hydrogen (secondary N) is 1. The predicted octanol–water partition coefficient (Wildman–Crippen LogP) is 1.61. The fraction of sp³-hybridized carbons (Fsp3) is 0.562. The lowest BCUT2D eigenvalue weighted by Gasteiger charge is -2.26. The first-order chi connectivity index (χ1) is 11.1. The minimum absolute atomic E-state index is 0. The molecule has 0 saturated carbocycles. The molecule has 1 aromatic carbocycles. The van der Waals surface area contributed by atoms with E-state index in [1.165, 1.54) is 39.4 Å². The van der Waals surface area contributed by atoms with Gasteiger partial charge in [0.25, 0.3) is 5.91 Å². The predicted molar refractivity (Wildman–Crippen MR) is 101 cm³/mol. The summed E-state index contributed by atoms with van der Waals surface area (Å²) in [7, 11) is 0.506. The highest BCUT2D eigenvalue weighted by Crippen LogP contribution is 2.27. The molecule has 1 amide bonds. The van der Waals surface area contributed by atoms with Crippen molar-refractivity contribution in [3.8, 4) is 5.75 Å². The molecular weight excluding hydrogens is 366 g/mol. The van der Waals surface area contributed by atoms with Gasteiger partial charge in [0, 0.05) is 31.7 Å². The van der Waals surface area contributed by atoms with E-state index in [0.717, 1.165) is 17.1 Å². The van der Waals surface area contributed by atoms with Crippen LogP contribution in [0.1, 0.15) is 37.0 Å². The van der Waals surface area contributed by atoms with Gasteiger partial charge in [0.2, 0.25) is 10.0 Å². The second-order valence-electron chi connectivity index (χ2n) is 5.91. The van der Waals surface area contributed by atoms with Crippen LogP contribution < -0.4 is 15.8 Å². The van der Waals surface area contributed by atoms with Crippen LogP contribution in [0.3, 0.4) is 0 Å². The van der Waals surface area contributed by atoms with E-state index in [0.29, 0.717) is 6.54 Å². The van der Waals surface area contributed by atoms with Crippen molar-refractivity contribution in [3.05, 3.63) is 23.8 Å². The van der Waals surface area contributed by atoms with Crippen LogP contribution in [0.2, 0.25) is 0 Å². The van der Waals surface area contributed by atoms with E-state index in [-0.39, 0.29) is 34.5 Å². The first-order valence-corrected chi connectivity index (χ1v) is 9.23. The topological polar surface area (TPSA) is 102 Å². The van der Waals surface area contributed by atoms with E-state index in [9.17, 15) is 13.2 Å². The highest BCUT2D eigenvalue weighted by Gasteiger charge is 2.25. The molecule has 25 heavy (non-hydrogen) atoms. The number of hydrogen-bond acceptors (Lipinski definition) is 5. The van der Waals surface area contributed by atoms with Crippen LogP contribution >= 0.6 is 12.4 Å². The molecule has 1 rings (SSSR count). The lowest BCUT2D eigenvalue weighted by atomic mass is 9.94. The van der Waals surface area contributed by atoms with E-state index < -0.39 is 15.6 Å². The fourth-order valence-electron chi connectivity index (χ4n) is 2.07. The van der Waals surface area contributed by atoms with Gasteiger partial charge in [0.15, 0.2) is 0 Å². The summed E-state index contributed by atoms with van der Waals surface area (Å²) >= 11 is 0. The second-order valence-corrected chi connectivity index (χ2v) is 8.03. The smallest absolute Gasteiger partial charge is 0.251 e. The molecule has 1 aromatic rings. The SMILES string of the molecule is CCC(N)(CC)CNC(=O)c1ccc(OC)c(S(=O)(=O)N(C)C)c1.Cl. The van der Waals surface area contributed by atoms with Crippen LogP contribution in [0.4, 0.5) is 0 Å². The van der Waals surface area contributed by atoms with Gasteiger partial charge in [-0.1, -0.05) is 13.8 Å². The van der Waals surface area contributed by atoms with Crippen LogP contribution in [0.15, 0.2) is 23.1 Å². The lowest BCUT2D eigenvalue weighted by molar-refractivity contribution is 0.0942. The maximum absolute atomic E-state index is 12.4. The molecule has 144 valence electrons. The third kappa shape index (κ3) is 5.57. The molecule has 3 N–H and O–H groups in total. The zero-order chi connectivity index (χ0) is 18.5. The van der Waals surface area contributed by atoms with Gasteiger partial charge in [-0.2, -0.15) is 0 Å². The molecular formula is C16H28ClN3O4S. The minimum Gasteiger partial charge on any atom is -0.495 e. The van der Waals surface area contributed by atoms with Crippen molar-refractivity contribution in [1.82, 2.24) is 9.62 Å². The Labute approximate surface area is 156 Å². The standard InChI is InChI=1S/C16H27N3O4S.ClH/c1-6-16(17,7-2)11-18-15(20)12-8-9-13(23-5)14(10-12)24(21,22)19(3)4;/h8-10H,6-7,11,17H2,1-5H3,(H,18,20);1H. The molecule has 0 radical (unpaired) electrons. The van der Waals surface area contributed by atoms with E-state index in [1.807, 2.05) is 13.8 Å². The largest absolute Gasteiger partial charge is 0.495 e. The molecule has 0 spiro atoms. The van der Waals surface area contributed by atoms with Gasteiger partial charge in [-0.25, -0.2) is 12.7 Å². The lowest BCUT2D eigenvalue weighted by Crippen LogP contribution is -2.49. The average molecular weight is 394 g/mol. The van der Waals surface area contributed by atoms with Gasteiger partial charge in [-0.15, -0.1) is 12.4 Å². The molecule has 7 nitrogen and oxygen atoms in total. The van der Waals surface area contributed by atoms with Gasteiger partial charge >= 0.3 is 0 Å². The summed E-state index contributed by atoms with van der Waals surface area (Å²) in [5.41, 5.74) is 5.94. The Kier molecular flexibility index (Phi) is 8.87. The number of ether oxygens (including phenoxy) is 1. The first-order valence-electron chi connectivity index (χ1n) is 7.79. The zero-order valence-electron chi connectivity index (χ0n) is 15.3. The van der Waals surface area contributed by atoms with Crippen molar-refractivity contribution in [2.75, 3.05) is 27.7 Å². The number of sulfonamides is 1. The number of hydrogen-bond donors (Lipinski definition) is 2. The molecule has 0 aliphatic carbocycles. The number of halogens is 1. The van der Waals surface area contributed by atoms with Crippen molar-refractivity contribution in [2.45, 2.75) is 37.1 Å². The van der Waals surface area contributed by atoms with Crippen LogP contribution in [0, 0.1) is 0 Å². The molecule has 0 aromatic heterocycles. The number of nitrogens with two attached hydrogens (primary N) is 1. The van der Waals surface area contributed by atoms with Gasteiger partial charge in [-0.05, 0) is 31.0 Å². The Hall–Kier alpha value is -1.35. The molecule has 0 atom stereocenters. The Morgan fingerprint density at radius 1 is 1.28 bits per heavy atom. The van der Waals surface area contributed by atoms with Crippen LogP contribution in [-0.2, 0) is 10.0 Å². The fourth-order valence-corrected chi connectivity index (χ4v) is 3.15. The molecule has 0 heterocycles. The third-order valence-electron chi connectivity index (χ3n) is 4.19. The Morgan fingerprint density at radius 2 is 1.84 bits per heavy atom. The summed E-state index contributed by atoms with van der Waals surface area (Å²) in [6.45, 7) is 4.25. The molecule has 0 saturated heterocycles. The van der Waals surface area contributed by atoms with Gasteiger partial charge in [0.1, 0.15) is 10.6 Å². The van der Waals surface area contributed by atoms with E-state index >= 15 is 0 Å². The number of amides is 1. The summed E-state index contributed by atoms with van der Waals surface area (Å²) in [4.78, 5) is 12.3. The number of carbonyl (C=O) groups excluding carboxylic acids is 1. The monoisotopic (exact) mass is 393 g/mol. The second kappa shape index (κ2) is 9.38. The Balaban J connectivity index is 0.00000576. The van der Waals surface area contributed by atoms with Crippen LogP contribution in [0.5, 0.6) is 5.75 Å². The average Bonchev–Trinajstić information content (AvgIpc) is 2.58. The highest BCUT2D eigenvalue weighted by molar-refractivity contribution is 7.89. The Bertz CT molecular complexity index is 689. The molecule has 9 heteroatoms. The number of methoxy groups -OCH3 is 1. The summed E-state index contributed by atoms with van der Waals surface area (Å²) in [5, 5.41) is 2.77. The minimum atomic E-state index is -3.72. The molecule has 0 aliphatic rings. The van der Waals surface area contributed by atoms with E-state index in [4.69, 9.17) is 10.5 Å². The molecule has 0 bridgehead atoms. The van der Waals surface area contributed by atoms with Crippen LogP contribution in [-0.4, -0.2) is 51.9 Å². The van der Waals surface area contributed by atoms with Crippen molar-refractivity contribution in [3.63, 3.8) is 0 Å². The molecule has 0 fully saturated rings.